The second-order valence-corrected chi connectivity index (χ2v) is 6.41. The van der Waals surface area contributed by atoms with Crippen LogP contribution in [-0.4, -0.2) is 24.5 Å². The maximum absolute atomic E-state index is 12.2. The van der Waals surface area contributed by atoms with Crippen LogP contribution in [0, 0.1) is 0 Å². The van der Waals surface area contributed by atoms with E-state index >= 15 is 0 Å². The third-order valence-corrected chi connectivity index (χ3v) is 4.49. The van der Waals surface area contributed by atoms with Crippen molar-refractivity contribution in [2.45, 2.75) is 4.90 Å². The molecule has 0 saturated carbocycles. The number of pyridine rings is 1. The number of nitrogens with zero attached hydrogens (tertiary/aromatic N) is 1. The van der Waals surface area contributed by atoms with E-state index in [0.717, 1.165) is 6.07 Å². The Kier molecular flexibility index (Phi) is 4.36. The molecule has 1 heterocycles. The normalized spacial score (nSPS) is 11.1. The van der Waals surface area contributed by atoms with E-state index in [0.29, 0.717) is 5.02 Å². The molecular weight excluding hydrogens is 339 g/mol. The number of halogens is 2. The molecule has 0 radical (unpaired) electrons. The molecule has 0 amide bonds. The lowest BCUT2D eigenvalue weighted by Crippen LogP contribution is -2.15. The number of hydrogen-bond donors (Lipinski definition) is 2. The van der Waals surface area contributed by atoms with E-state index in [1.54, 1.807) is 0 Å². The molecule has 0 aliphatic heterocycles. The topological polar surface area (TPSA) is 96.4 Å². The van der Waals surface area contributed by atoms with Gasteiger partial charge in [0.05, 0.1) is 15.6 Å². The molecule has 1 aromatic carbocycles. The van der Waals surface area contributed by atoms with Gasteiger partial charge in [0.1, 0.15) is 10.7 Å². The van der Waals surface area contributed by atoms with Crippen molar-refractivity contribution in [3.63, 3.8) is 0 Å². The summed E-state index contributed by atoms with van der Waals surface area (Å²) in [5.74, 6) is -1.22. The number of carbonyl (C=O) groups is 1. The Balaban J connectivity index is 2.41. The Morgan fingerprint density at radius 1 is 1.19 bits per heavy atom. The summed E-state index contributed by atoms with van der Waals surface area (Å²) in [4.78, 5) is 14.3. The predicted octanol–water partition coefficient (Wildman–Crippen LogP) is 2.89. The average molecular weight is 347 g/mol. The molecule has 0 fully saturated rings. The van der Waals surface area contributed by atoms with Crippen molar-refractivity contribution in [1.29, 1.82) is 0 Å². The van der Waals surface area contributed by atoms with E-state index in [4.69, 9.17) is 28.3 Å². The number of carboxylic acid groups (broad SMARTS) is 1. The second-order valence-electron chi connectivity index (χ2n) is 3.92. The van der Waals surface area contributed by atoms with Crippen LogP contribution >= 0.6 is 23.2 Å². The summed E-state index contributed by atoms with van der Waals surface area (Å²) in [7, 11) is -4.06. The summed E-state index contributed by atoms with van der Waals surface area (Å²) in [6.45, 7) is 0. The minimum Gasteiger partial charge on any atom is -0.478 e. The van der Waals surface area contributed by atoms with Gasteiger partial charge in [-0.05, 0) is 30.3 Å². The first-order chi connectivity index (χ1) is 9.79. The van der Waals surface area contributed by atoms with E-state index in [1.807, 2.05) is 0 Å². The van der Waals surface area contributed by atoms with Crippen LogP contribution in [0.4, 0.5) is 5.82 Å². The number of hydrogen-bond acceptors (Lipinski definition) is 4. The summed E-state index contributed by atoms with van der Waals surface area (Å²) >= 11 is 11.5. The lowest BCUT2D eigenvalue weighted by molar-refractivity contribution is 0.0696. The maximum atomic E-state index is 12.2. The zero-order chi connectivity index (χ0) is 15.6. The molecule has 2 rings (SSSR count). The third kappa shape index (κ3) is 3.63. The molecule has 0 unspecified atom stereocenters. The van der Waals surface area contributed by atoms with Gasteiger partial charge in [0.25, 0.3) is 10.0 Å². The largest absolute Gasteiger partial charge is 0.478 e. The van der Waals surface area contributed by atoms with Gasteiger partial charge in [0, 0.05) is 6.20 Å². The molecule has 9 heteroatoms. The standard InChI is InChI=1S/C12H8Cl2N2O4S/c13-8-2-4-11(15-6-8)16-21(19,20)10-5-7(12(17)18)1-3-9(10)14/h1-6H,(H,15,16)(H,17,18). The molecule has 0 aliphatic rings. The van der Waals surface area contributed by atoms with E-state index in [1.165, 1.54) is 30.5 Å². The maximum Gasteiger partial charge on any atom is 0.335 e. The van der Waals surface area contributed by atoms with Gasteiger partial charge in [-0.2, -0.15) is 0 Å². The smallest absolute Gasteiger partial charge is 0.335 e. The monoisotopic (exact) mass is 346 g/mol. The van der Waals surface area contributed by atoms with Crippen LogP contribution in [0.3, 0.4) is 0 Å². The van der Waals surface area contributed by atoms with Gasteiger partial charge in [0.15, 0.2) is 0 Å². The van der Waals surface area contributed by atoms with Crippen molar-refractivity contribution in [2.75, 3.05) is 4.72 Å². The minimum absolute atomic E-state index is 0.0381. The van der Waals surface area contributed by atoms with Gasteiger partial charge in [-0.15, -0.1) is 0 Å². The molecule has 2 aromatic rings. The Bertz CT molecular complexity index is 791. The number of sulfonamides is 1. The molecule has 2 N–H and O–H groups in total. The van der Waals surface area contributed by atoms with Gasteiger partial charge in [-0.1, -0.05) is 23.2 Å². The fourth-order valence-corrected chi connectivity index (χ4v) is 3.12. The second kappa shape index (κ2) is 5.88. The first kappa shape index (κ1) is 15.6. The number of carboxylic acids is 1. The Hall–Kier alpha value is -1.83. The zero-order valence-corrected chi connectivity index (χ0v) is 12.6. The summed E-state index contributed by atoms with van der Waals surface area (Å²) in [6.07, 6.45) is 1.27. The predicted molar refractivity (Wildman–Crippen MR) is 78.5 cm³/mol. The molecule has 0 saturated heterocycles. The van der Waals surface area contributed by atoms with E-state index < -0.39 is 16.0 Å². The highest BCUT2D eigenvalue weighted by molar-refractivity contribution is 7.92. The molecule has 0 bridgehead atoms. The molecule has 21 heavy (non-hydrogen) atoms. The molecule has 110 valence electrons. The quantitative estimate of drug-likeness (QED) is 0.887. The highest BCUT2D eigenvalue weighted by Crippen LogP contribution is 2.24. The van der Waals surface area contributed by atoms with Gasteiger partial charge in [-0.3, -0.25) is 4.72 Å². The fraction of sp³-hybridized carbons (Fsp3) is 0. The number of anilines is 1. The van der Waals surface area contributed by atoms with Crippen molar-refractivity contribution >= 4 is 45.0 Å². The first-order valence-electron chi connectivity index (χ1n) is 5.47. The zero-order valence-electron chi connectivity index (χ0n) is 10.2. The number of rotatable bonds is 4. The van der Waals surface area contributed by atoms with Crippen LogP contribution in [0.25, 0.3) is 0 Å². The summed E-state index contributed by atoms with van der Waals surface area (Å²) in [5, 5.41) is 9.16. The third-order valence-electron chi connectivity index (χ3n) is 2.43. The lowest BCUT2D eigenvalue weighted by Gasteiger charge is -2.09. The first-order valence-corrected chi connectivity index (χ1v) is 7.71. The summed E-state index contributed by atoms with van der Waals surface area (Å²) in [5.41, 5.74) is -0.191. The number of nitrogens with one attached hydrogen (secondary N) is 1. The lowest BCUT2D eigenvalue weighted by atomic mass is 10.2. The van der Waals surface area contributed by atoms with Crippen LogP contribution in [0.5, 0.6) is 0 Å². The highest BCUT2D eigenvalue weighted by Gasteiger charge is 2.20. The van der Waals surface area contributed by atoms with Crippen LogP contribution < -0.4 is 4.72 Å². The van der Waals surface area contributed by atoms with Crippen LogP contribution in [0.1, 0.15) is 10.4 Å². The van der Waals surface area contributed by atoms with Gasteiger partial charge in [0.2, 0.25) is 0 Å². The average Bonchev–Trinajstić information content (AvgIpc) is 2.41. The van der Waals surface area contributed by atoms with E-state index in [-0.39, 0.29) is 21.3 Å². The molecule has 0 atom stereocenters. The van der Waals surface area contributed by atoms with Crippen LogP contribution in [0.2, 0.25) is 10.0 Å². The van der Waals surface area contributed by atoms with Gasteiger partial charge < -0.3 is 5.11 Å². The Morgan fingerprint density at radius 2 is 1.90 bits per heavy atom. The molecule has 1 aromatic heterocycles. The van der Waals surface area contributed by atoms with Crippen molar-refractivity contribution in [3.8, 4) is 0 Å². The highest BCUT2D eigenvalue weighted by atomic mass is 35.5. The van der Waals surface area contributed by atoms with Crippen LogP contribution in [-0.2, 0) is 10.0 Å². The van der Waals surface area contributed by atoms with Crippen molar-refractivity contribution in [3.05, 3.63) is 52.1 Å². The fourth-order valence-electron chi connectivity index (χ4n) is 1.47. The molecule has 0 spiro atoms. The van der Waals surface area contributed by atoms with Gasteiger partial charge in [-0.25, -0.2) is 18.2 Å². The SMILES string of the molecule is O=C(O)c1ccc(Cl)c(S(=O)(=O)Nc2ccc(Cl)cn2)c1. The van der Waals surface area contributed by atoms with Crippen molar-refractivity contribution in [2.24, 2.45) is 0 Å². The minimum atomic E-state index is -4.06. The van der Waals surface area contributed by atoms with Gasteiger partial charge >= 0.3 is 5.97 Å². The van der Waals surface area contributed by atoms with E-state index in [2.05, 4.69) is 9.71 Å². The number of aromatic carboxylic acids is 1. The van der Waals surface area contributed by atoms with Crippen molar-refractivity contribution in [1.82, 2.24) is 4.98 Å². The molecule has 0 aliphatic carbocycles. The van der Waals surface area contributed by atoms with Crippen molar-refractivity contribution < 1.29 is 18.3 Å². The van der Waals surface area contributed by atoms with E-state index in [9.17, 15) is 13.2 Å². The molecular formula is C12H8Cl2N2O4S. The molecule has 6 nitrogen and oxygen atoms in total. The Morgan fingerprint density at radius 3 is 2.48 bits per heavy atom. The number of benzene rings is 1. The van der Waals surface area contributed by atoms with Crippen LogP contribution in [0.15, 0.2) is 41.4 Å². The summed E-state index contributed by atoms with van der Waals surface area (Å²) < 4.78 is 26.6. The summed E-state index contributed by atoms with van der Waals surface area (Å²) in [6, 6.07) is 6.22. The number of aromatic nitrogens is 1. The Labute approximate surface area is 130 Å².